The van der Waals surface area contributed by atoms with Gasteiger partial charge in [-0.3, -0.25) is 11.3 Å². The van der Waals surface area contributed by atoms with Gasteiger partial charge in [0.15, 0.2) is 0 Å². The normalized spacial score (nSPS) is 12.7. The van der Waals surface area contributed by atoms with Crippen LogP contribution in [0.2, 0.25) is 0 Å². The first-order valence-electron chi connectivity index (χ1n) is 5.25. The Morgan fingerprint density at radius 2 is 1.94 bits per heavy atom. The third-order valence-corrected chi connectivity index (χ3v) is 5.93. The number of nitrogens with two attached hydrogens (primary N) is 1. The Kier molecular flexibility index (Phi) is 4.91. The molecule has 0 radical (unpaired) electrons. The molecule has 0 amide bonds. The molecule has 3 N–H and O–H groups in total. The van der Waals surface area contributed by atoms with Gasteiger partial charge in [0.25, 0.3) is 0 Å². The Morgan fingerprint density at radius 3 is 2.44 bits per heavy atom. The van der Waals surface area contributed by atoms with Crippen LogP contribution in [-0.2, 0) is 6.42 Å². The molecule has 0 aliphatic heterocycles. The Labute approximate surface area is 126 Å². The van der Waals surface area contributed by atoms with Gasteiger partial charge in [-0.2, -0.15) is 0 Å². The fourth-order valence-corrected chi connectivity index (χ4v) is 3.78. The molecule has 0 bridgehead atoms. The third kappa shape index (κ3) is 3.39. The molecular weight excluding hydrogens is 383 g/mol. The molecule has 1 unspecified atom stereocenters. The molecule has 6 heteroatoms. The molecule has 18 heavy (non-hydrogen) atoms. The molecule has 2 rings (SSSR count). The zero-order valence-corrected chi connectivity index (χ0v) is 13.3. The highest BCUT2D eigenvalue weighted by Gasteiger charge is 2.15. The van der Waals surface area contributed by atoms with E-state index in [0.29, 0.717) is 0 Å². The van der Waals surface area contributed by atoms with Crippen molar-refractivity contribution in [3.05, 3.63) is 54.8 Å². The molecule has 1 atom stereocenters. The van der Waals surface area contributed by atoms with Crippen molar-refractivity contribution in [3.63, 3.8) is 0 Å². The predicted octanol–water partition coefficient (Wildman–Crippen LogP) is 4.16. The van der Waals surface area contributed by atoms with E-state index in [2.05, 4.69) is 37.3 Å². The van der Waals surface area contributed by atoms with Crippen molar-refractivity contribution in [2.24, 2.45) is 5.84 Å². The largest absolute Gasteiger partial charge is 0.271 e. The summed E-state index contributed by atoms with van der Waals surface area (Å²) in [4.78, 5) is 1.13. The second-order valence-electron chi connectivity index (χ2n) is 3.82. The van der Waals surface area contributed by atoms with Crippen molar-refractivity contribution >= 4 is 43.2 Å². The highest BCUT2D eigenvalue weighted by molar-refractivity contribution is 9.13. The minimum atomic E-state index is -0.224. The van der Waals surface area contributed by atoms with Crippen LogP contribution >= 0.6 is 43.2 Å². The van der Waals surface area contributed by atoms with Crippen LogP contribution in [0.4, 0.5) is 4.39 Å². The molecule has 0 saturated heterocycles. The lowest BCUT2D eigenvalue weighted by Gasteiger charge is -2.14. The number of benzene rings is 1. The van der Waals surface area contributed by atoms with Crippen LogP contribution in [0.3, 0.4) is 0 Å². The number of nitrogens with one attached hydrogen (secondary N) is 1. The lowest BCUT2D eigenvalue weighted by atomic mass is 10.1. The lowest BCUT2D eigenvalue weighted by Crippen LogP contribution is -2.28. The van der Waals surface area contributed by atoms with E-state index < -0.39 is 0 Å². The second kappa shape index (κ2) is 6.25. The van der Waals surface area contributed by atoms with Gasteiger partial charge in [0, 0.05) is 9.35 Å². The van der Waals surface area contributed by atoms with Gasteiger partial charge in [-0.25, -0.2) is 4.39 Å². The number of hydrogen-bond acceptors (Lipinski definition) is 3. The van der Waals surface area contributed by atoms with Crippen molar-refractivity contribution < 1.29 is 4.39 Å². The van der Waals surface area contributed by atoms with E-state index in [4.69, 9.17) is 5.84 Å². The fraction of sp³-hybridized carbons (Fsp3) is 0.167. The molecule has 0 spiro atoms. The number of hydrogen-bond donors (Lipinski definition) is 2. The van der Waals surface area contributed by atoms with Gasteiger partial charge < -0.3 is 0 Å². The topological polar surface area (TPSA) is 38.0 Å². The van der Waals surface area contributed by atoms with Crippen LogP contribution in [0.15, 0.2) is 38.6 Å². The van der Waals surface area contributed by atoms with Crippen molar-refractivity contribution in [1.29, 1.82) is 0 Å². The van der Waals surface area contributed by atoms with Gasteiger partial charge in [0.1, 0.15) is 5.82 Å². The van der Waals surface area contributed by atoms with E-state index >= 15 is 0 Å². The number of rotatable bonds is 4. The number of halogens is 3. The predicted molar refractivity (Wildman–Crippen MR) is 79.9 cm³/mol. The van der Waals surface area contributed by atoms with Gasteiger partial charge in [0.05, 0.1) is 9.83 Å². The van der Waals surface area contributed by atoms with Crippen molar-refractivity contribution in [3.8, 4) is 0 Å². The number of hydrazine groups is 1. The van der Waals surface area contributed by atoms with E-state index in [1.807, 2.05) is 6.07 Å². The van der Waals surface area contributed by atoms with Crippen LogP contribution in [0, 0.1) is 5.82 Å². The first kappa shape index (κ1) is 14.1. The van der Waals surface area contributed by atoms with Gasteiger partial charge in [0.2, 0.25) is 0 Å². The lowest BCUT2D eigenvalue weighted by molar-refractivity contribution is 0.559. The van der Waals surface area contributed by atoms with E-state index in [-0.39, 0.29) is 11.9 Å². The summed E-state index contributed by atoms with van der Waals surface area (Å²) in [6.45, 7) is 0. The van der Waals surface area contributed by atoms with E-state index in [9.17, 15) is 4.39 Å². The summed E-state index contributed by atoms with van der Waals surface area (Å²) < 4.78 is 14.9. The maximum absolute atomic E-state index is 12.8. The quantitative estimate of drug-likeness (QED) is 0.604. The summed E-state index contributed by atoms with van der Waals surface area (Å²) in [6, 6.07) is 8.52. The van der Waals surface area contributed by atoms with Crippen LogP contribution in [-0.4, -0.2) is 0 Å². The molecule has 1 heterocycles. The highest BCUT2D eigenvalue weighted by atomic mass is 79.9. The zero-order valence-electron chi connectivity index (χ0n) is 9.29. The maximum Gasteiger partial charge on any atom is 0.123 e. The molecule has 0 aliphatic carbocycles. The van der Waals surface area contributed by atoms with Gasteiger partial charge in [-0.1, -0.05) is 12.1 Å². The standard InChI is InChI=1S/C12H11Br2FN2S/c13-9-6-11(18-12(9)14)10(17-16)5-7-1-3-8(15)4-2-7/h1-4,6,10,17H,5,16H2. The average molecular weight is 394 g/mol. The Balaban J connectivity index is 2.16. The van der Waals surface area contributed by atoms with Crippen molar-refractivity contribution in [1.82, 2.24) is 5.43 Å². The average Bonchev–Trinajstić information content (AvgIpc) is 2.69. The Bertz CT molecular complexity index is 508. The van der Waals surface area contributed by atoms with Crippen molar-refractivity contribution in [2.75, 3.05) is 0 Å². The summed E-state index contributed by atoms with van der Waals surface area (Å²) in [5.41, 5.74) is 3.84. The summed E-state index contributed by atoms with van der Waals surface area (Å²) in [6.07, 6.45) is 0.718. The van der Waals surface area contributed by atoms with E-state index in [1.54, 1.807) is 23.5 Å². The highest BCUT2D eigenvalue weighted by Crippen LogP contribution is 2.36. The molecule has 2 nitrogen and oxygen atoms in total. The summed E-state index contributed by atoms with van der Waals surface area (Å²) >= 11 is 8.54. The molecule has 1 aromatic carbocycles. The van der Waals surface area contributed by atoms with E-state index in [0.717, 1.165) is 25.1 Å². The van der Waals surface area contributed by atoms with E-state index in [1.165, 1.54) is 12.1 Å². The van der Waals surface area contributed by atoms with Gasteiger partial charge in [-0.05, 0) is 62.0 Å². The fourth-order valence-electron chi connectivity index (χ4n) is 1.63. The zero-order chi connectivity index (χ0) is 13.1. The first-order valence-corrected chi connectivity index (χ1v) is 7.65. The minimum absolute atomic E-state index is 0.0167. The Morgan fingerprint density at radius 1 is 1.28 bits per heavy atom. The molecule has 0 fully saturated rings. The molecule has 96 valence electrons. The van der Waals surface area contributed by atoms with Gasteiger partial charge >= 0.3 is 0 Å². The van der Waals surface area contributed by atoms with Crippen LogP contribution in [0.5, 0.6) is 0 Å². The number of thiophene rings is 1. The molecule has 0 aliphatic rings. The first-order chi connectivity index (χ1) is 8.60. The summed E-state index contributed by atoms with van der Waals surface area (Å²) in [7, 11) is 0. The molecule has 2 aromatic rings. The molecule has 1 aromatic heterocycles. The summed E-state index contributed by atoms with van der Waals surface area (Å²) in [5.74, 6) is 5.37. The van der Waals surface area contributed by atoms with Gasteiger partial charge in [-0.15, -0.1) is 11.3 Å². The Hall–Kier alpha value is -0.270. The molecule has 0 saturated carbocycles. The van der Waals surface area contributed by atoms with Crippen LogP contribution in [0.25, 0.3) is 0 Å². The second-order valence-corrected chi connectivity index (χ2v) is 7.08. The SMILES string of the molecule is NNC(Cc1ccc(F)cc1)c1cc(Br)c(Br)s1. The molecular formula is C12H11Br2FN2S. The third-order valence-electron chi connectivity index (χ3n) is 2.56. The van der Waals surface area contributed by atoms with Crippen LogP contribution < -0.4 is 11.3 Å². The monoisotopic (exact) mass is 392 g/mol. The maximum atomic E-state index is 12.8. The minimum Gasteiger partial charge on any atom is -0.271 e. The summed E-state index contributed by atoms with van der Waals surface area (Å²) in [5, 5.41) is 0. The van der Waals surface area contributed by atoms with Crippen LogP contribution in [0.1, 0.15) is 16.5 Å². The smallest absolute Gasteiger partial charge is 0.123 e. The van der Waals surface area contributed by atoms with Crippen molar-refractivity contribution in [2.45, 2.75) is 12.5 Å².